The monoisotopic (exact) mass is 371 g/mol. The first-order chi connectivity index (χ1) is 13.6. The maximum atomic E-state index is 12.4. The van der Waals surface area contributed by atoms with Crippen LogP contribution in [0.4, 0.5) is 11.4 Å². The first-order valence-corrected chi connectivity index (χ1v) is 9.27. The number of nitrogens with zero attached hydrogens (tertiary/aromatic N) is 1. The molecule has 4 heteroatoms. The maximum absolute atomic E-state index is 12.4. The third-order valence-corrected chi connectivity index (χ3v) is 4.40. The third-order valence-electron chi connectivity index (χ3n) is 4.40. The van der Waals surface area contributed by atoms with E-state index in [1.165, 1.54) is 5.56 Å². The van der Waals surface area contributed by atoms with Crippen LogP contribution in [0.2, 0.25) is 0 Å². The molecule has 0 spiro atoms. The number of benzene rings is 3. The molecule has 3 aromatic rings. The van der Waals surface area contributed by atoms with Crippen LogP contribution >= 0.6 is 0 Å². The van der Waals surface area contributed by atoms with E-state index in [-0.39, 0.29) is 5.91 Å². The van der Waals surface area contributed by atoms with Gasteiger partial charge in [-0.25, -0.2) is 0 Å². The fourth-order valence-electron chi connectivity index (χ4n) is 2.88. The van der Waals surface area contributed by atoms with Gasteiger partial charge in [-0.1, -0.05) is 66.7 Å². The molecule has 3 aromatic carbocycles. The van der Waals surface area contributed by atoms with E-state index in [2.05, 4.69) is 53.7 Å². The number of hydrogen-bond acceptors (Lipinski definition) is 3. The minimum Gasteiger partial charge on any atom is -0.397 e. The van der Waals surface area contributed by atoms with Gasteiger partial charge in [0.05, 0.1) is 11.4 Å². The van der Waals surface area contributed by atoms with Crippen molar-refractivity contribution in [3.63, 3.8) is 0 Å². The van der Waals surface area contributed by atoms with Crippen molar-refractivity contribution in [2.45, 2.75) is 6.54 Å². The van der Waals surface area contributed by atoms with E-state index in [4.69, 9.17) is 5.73 Å². The highest BCUT2D eigenvalue weighted by atomic mass is 16.1. The van der Waals surface area contributed by atoms with E-state index in [1.807, 2.05) is 42.5 Å². The quantitative estimate of drug-likeness (QED) is 0.594. The Morgan fingerprint density at radius 3 is 2.36 bits per heavy atom. The van der Waals surface area contributed by atoms with E-state index in [9.17, 15) is 4.79 Å². The average Bonchev–Trinajstić information content (AvgIpc) is 2.71. The van der Waals surface area contributed by atoms with Crippen molar-refractivity contribution in [3.8, 4) is 0 Å². The summed E-state index contributed by atoms with van der Waals surface area (Å²) in [7, 11) is 2.10. The molecule has 142 valence electrons. The zero-order chi connectivity index (χ0) is 19.8. The summed E-state index contributed by atoms with van der Waals surface area (Å²) in [6, 6.07) is 25.2. The van der Waals surface area contributed by atoms with Gasteiger partial charge < -0.3 is 11.1 Å². The van der Waals surface area contributed by atoms with E-state index in [0.29, 0.717) is 16.9 Å². The summed E-state index contributed by atoms with van der Waals surface area (Å²) in [6.07, 6.45) is 4.20. The SMILES string of the molecule is CN(CC=Cc1ccc(C(=O)Nc2ccccc2N)cc1)Cc1ccccc1. The second-order valence-corrected chi connectivity index (χ2v) is 6.75. The Morgan fingerprint density at radius 1 is 0.964 bits per heavy atom. The van der Waals surface area contributed by atoms with Crippen molar-refractivity contribution in [3.05, 3.63) is 102 Å². The Bertz CT molecular complexity index is 934. The summed E-state index contributed by atoms with van der Waals surface area (Å²) in [6.45, 7) is 1.76. The molecule has 0 aliphatic carbocycles. The topological polar surface area (TPSA) is 58.4 Å². The summed E-state index contributed by atoms with van der Waals surface area (Å²) in [5.41, 5.74) is 10.0. The van der Waals surface area contributed by atoms with Crippen LogP contribution in [0, 0.1) is 0 Å². The van der Waals surface area contributed by atoms with Gasteiger partial charge in [-0.2, -0.15) is 0 Å². The molecule has 0 unspecified atom stereocenters. The molecule has 0 fully saturated rings. The van der Waals surface area contributed by atoms with Gasteiger partial charge in [0.25, 0.3) is 5.91 Å². The second-order valence-electron chi connectivity index (χ2n) is 6.75. The largest absolute Gasteiger partial charge is 0.397 e. The summed E-state index contributed by atoms with van der Waals surface area (Å²) >= 11 is 0. The predicted octanol–water partition coefficient (Wildman–Crippen LogP) is 4.67. The normalized spacial score (nSPS) is 11.1. The molecule has 4 nitrogen and oxygen atoms in total. The number of nitrogens with two attached hydrogens (primary N) is 1. The number of para-hydroxylation sites is 2. The Kier molecular flexibility index (Phi) is 6.60. The van der Waals surface area contributed by atoms with Gasteiger partial charge in [0.1, 0.15) is 0 Å². The molecule has 0 saturated heterocycles. The molecular weight excluding hydrogens is 346 g/mol. The number of anilines is 2. The summed E-state index contributed by atoms with van der Waals surface area (Å²) < 4.78 is 0. The minimum atomic E-state index is -0.170. The van der Waals surface area contributed by atoms with Gasteiger partial charge in [0.15, 0.2) is 0 Å². The summed E-state index contributed by atoms with van der Waals surface area (Å²) in [5, 5.41) is 2.84. The first kappa shape index (κ1) is 19.4. The van der Waals surface area contributed by atoms with Crippen molar-refractivity contribution in [2.75, 3.05) is 24.6 Å². The molecule has 0 aliphatic heterocycles. The zero-order valence-electron chi connectivity index (χ0n) is 16.0. The lowest BCUT2D eigenvalue weighted by Crippen LogP contribution is -2.17. The van der Waals surface area contributed by atoms with E-state index in [0.717, 1.165) is 18.7 Å². The van der Waals surface area contributed by atoms with Crippen LogP contribution in [0.1, 0.15) is 21.5 Å². The van der Waals surface area contributed by atoms with Crippen LogP contribution in [-0.4, -0.2) is 24.4 Å². The smallest absolute Gasteiger partial charge is 0.255 e. The molecule has 28 heavy (non-hydrogen) atoms. The minimum absolute atomic E-state index is 0.170. The van der Waals surface area contributed by atoms with Crippen molar-refractivity contribution in [2.24, 2.45) is 0 Å². The van der Waals surface area contributed by atoms with Gasteiger partial charge in [-0.3, -0.25) is 9.69 Å². The van der Waals surface area contributed by atoms with Crippen molar-refractivity contribution in [1.82, 2.24) is 4.90 Å². The molecule has 1 amide bonds. The van der Waals surface area contributed by atoms with Crippen molar-refractivity contribution >= 4 is 23.4 Å². The molecule has 0 atom stereocenters. The fraction of sp³-hybridized carbons (Fsp3) is 0.125. The van der Waals surface area contributed by atoms with Crippen LogP contribution in [0.25, 0.3) is 6.08 Å². The number of rotatable bonds is 7. The maximum Gasteiger partial charge on any atom is 0.255 e. The molecule has 0 aromatic heterocycles. The van der Waals surface area contributed by atoms with Crippen LogP contribution in [0.3, 0.4) is 0 Å². The summed E-state index contributed by atoms with van der Waals surface area (Å²) in [4.78, 5) is 14.6. The molecule has 0 heterocycles. The van der Waals surface area contributed by atoms with Crippen LogP contribution < -0.4 is 11.1 Å². The van der Waals surface area contributed by atoms with Gasteiger partial charge in [-0.05, 0) is 42.4 Å². The average molecular weight is 371 g/mol. The summed E-state index contributed by atoms with van der Waals surface area (Å²) in [5.74, 6) is -0.170. The van der Waals surface area contributed by atoms with Crippen molar-refractivity contribution < 1.29 is 4.79 Å². The Hall–Kier alpha value is -3.37. The van der Waals surface area contributed by atoms with Gasteiger partial charge in [0.2, 0.25) is 0 Å². The number of nitrogen functional groups attached to an aromatic ring is 1. The number of nitrogens with one attached hydrogen (secondary N) is 1. The van der Waals surface area contributed by atoms with E-state index < -0.39 is 0 Å². The first-order valence-electron chi connectivity index (χ1n) is 9.27. The Balaban J connectivity index is 1.53. The number of amides is 1. The molecular formula is C24H25N3O. The lowest BCUT2D eigenvalue weighted by molar-refractivity contribution is 0.102. The molecule has 0 aliphatic rings. The molecule has 3 N–H and O–H groups in total. The standard InChI is InChI=1S/C24H25N3O/c1-27(18-20-8-3-2-4-9-20)17-7-10-19-13-15-21(16-14-19)24(28)26-23-12-6-5-11-22(23)25/h2-16H,17-18,25H2,1H3,(H,26,28). The molecule has 0 radical (unpaired) electrons. The van der Waals surface area contributed by atoms with E-state index >= 15 is 0 Å². The Labute approximate surface area is 166 Å². The van der Waals surface area contributed by atoms with Crippen LogP contribution in [0.5, 0.6) is 0 Å². The van der Waals surface area contributed by atoms with E-state index in [1.54, 1.807) is 12.1 Å². The lowest BCUT2D eigenvalue weighted by Gasteiger charge is -2.14. The number of hydrogen-bond donors (Lipinski definition) is 2. The molecule has 3 rings (SSSR count). The third kappa shape index (κ3) is 5.56. The number of carbonyl (C=O) groups excluding carboxylic acids is 1. The highest BCUT2D eigenvalue weighted by molar-refractivity contribution is 6.05. The number of likely N-dealkylation sites (N-methyl/N-ethyl adjacent to an activating group) is 1. The van der Waals surface area contributed by atoms with Crippen LogP contribution in [-0.2, 0) is 6.54 Å². The van der Waals surface area contributed by atoms with Crippen LogP contribution in [0.15, 0.2) is 84.9 Å². The fourth-order valence-corrected chi connectivity index (χ4v) is 2.88. The zero-order valence-corrected chi connectivity index (χ0v) is 16.0. The van der Waals surface area contributed by atoms with Gasteiger partial charge in [0, 0.05) is 18.7 Å². The lowest BCUT2D eigenvalue weighted by atomic mass is 10.1. The molecule has 0 bridgehead atoms. The molecule has 0 saturated carbocycles. The highest BCUT2D eigenvalue weighted by Gasteiger charge is 2.07. The Morgan fingerprint density at radius 2 is 1.64 bits per heavy atom. The highest BCUT2D eigenvalue weighted by Crippen LogP contribution is 2.18. The number of carbonyl (C=O) groups is 1. The van der Waals surface area contributed by atoms with Gasteiger partial charge >= 0.3 is 0 Å². The second kappa shape index (κ2) is 9.53. The van der Waals surface area contributed by atoms with Gasteiger partial charge in [-0.15, -0.1) is 0 Å². The predicted molar refractivity (Wildman–Crippen MR) is 117 cm³/mol. The van der Waals surface area contributed by atoms with Crippen molar-refractivity contribution in [1.29, 1.82) is 0 Å².